The van der Waals surface area contributed by atoms with E-state index in [1.54, 1.807) is 11.3 Å². The lowest BCUT2D eigenvalue weighted by atomic mass is 9.91. The number of H-pyrrole nitrogens is 1. The van der Waals surface area contributed by atoms with Crippen LogP contribution in [0.15, 0.2) is 29.1 Å². The molecule has 1 aromatic carbocycles. The minimum atomic E-state index is -0.0278. The molecular weight excluding hydrogens is 414 g/mol. The first kappa shape index (κ1) is 19.8. The highest BCUT2D eigenvalue weighted by Gasteiger charge is 2.29. The van der Waals surface area contributed by atoms with Crippen LogP contribution in [0.3, 0.4) is 0 Å². The molecule has 7 heteroatoms. The minimum Gasteiger partial charge on any atom is -0.335 e. The Bertz CT molecular complexity index is 1170. The van der Waals surface area contributed by atoms with Gasteiger partial charge in [0.1, 0.15) is 10.7 Å². The molecule has 1 atom stereocenters. The normalized spacial score (nSPS) is 17.9. The zero-order chi connectivity index (χ0) is 20.7. The standard InChI is InChI=1S/C23H25N3O2S2/c1-2-17-15-7-4-3-6-14(15)10-11-26(17)20(27)13-29-12-19-24-22(28)21-16-8-5-9-18(16)30-23(21)25-19/h3-4,6-7,17H,2,5,8-13H2,1H3,(H,24,25,28). The second kappa shape index (κ2) is 8.19. The summed E-state index contributed by atoms with van der Waals surface area (Å²) in [6.07, 6.45) is 5.02. The van der Waals surface area contributed by atoms with E-state index in [1.165, 1.54) is 33.3 Å². The number of nitrogens with one attached hydrogen (secondary N) is 1. The molecule has 1 amide bonds. The van der Waals surface area contributed by atoms with Crippen molar-refractivity contribution in [2.45, 2.75) is 50.8 Å². The fraction of sp³-hybridized carbons (Fsp3) is 0.435. The van der Waals surface area contributed by atoms with Gasteiger partial charge in [0.15, 0.2) is 0 Å². The summed E-state index contributed by atoms with van der Waals surface area (Å²) >= 11 is 3.19. The van der Waals surface area contributed by atoms with E-state index < -0.39 is 0 Å². The third-order valence-corrected chi connectivity index (χ3v) is 8.32. The highest BCUT2D eigenvalue weighted by molar-refractivity contribution is 7.99. The van der Waals surface area contributed by atoms with Gasteiger partial charge in [0.2, 0.25) is 5.91 Å². The fourth-order valence-electron chi connectivity index (χ4n) is 4.82. The Labute approximate surface area is 183 Å². The molecule has 0 bridgehead atoms. The van der Waals surface area contributed by atoms with Gasteiger partial charge in [0, 0.05) is 11.4 Å². The van der Waals surface area contributed by atoms with Crippen LogP contribution in [0.1, 0.15) is 53.2 Å². The predicted octanol–water partition coefficient (Wildman–Crippen LogP) is 4.24. The zero-order valence-electron chi connectivity index (χ0n) is 17.1. The van der Waals surface area contributed by atoms with E-state index in [1.807, 2.05) is 4.90 Å². The number of amides is 1. The number of thiophene rings is 1. The molecule has 0 saturated heterocycles. The third kappa shape index (κ3) is 3.48. The Morgan fingerprint density at radius 3 is 3.03 bits per heavy atom. The molecule has 156 valence electrons. The molecule has 1 unspecified atom stereocenters. The van der Waals surface area contributed by atoms with Crippen molar-refractivity contribution in [1.82, 2.24) is 14.9 Å². The molecule has 30 heavy (non-hydrogen) atoms. The number of carbonyl (C=O) groups excluding carboxylic acids is 1. The first-order valence-electron chi connectivity index (χ1n) is 10.6. The van der Waals surface area contributed by atoms with E-state index in [0.29, 0.717) is 17.3 Å². The van der Waals surface area contributed by atoms with Gasteiger partial charge in [0.25, 0.3) is 5.56 Å². The quantitative estimate of drug-likeness (QED) is 0.646. The van der Waals surface area contributed by atoms with Gasteiger partial charge >= 0.3 is 0 Å². The third-order valence-electron chi connectivity index (χ3n) is 6.21. The molecule has 0 spiro atoms. The Morgan fingerprint density at radius 2 is 2.17 bits per heavy atom. The van der Waals surface area contributed by atoms with Crippen molar-refractivity contribution in [2.75, 3.05) is 12.3 Å². The topological polar surface area (TPSA) is 66.1 Å². The Kier molecular flexibility index (Phi) is 5.41. The Morgan fingerprint density at radius 1 is 1.30 bits per heavy atom. The maximum atomic E-state index is 13.0. The molecule has 3 aromatic rings. The number of aromatic amines is 1. The van der Waals surface area contributed by atoms with Gasteiger partial charge in [-0.05, 0) is 48.8 Å². The maximum absolute atomic E-state index is 13.0. The number of aryl methyl sites for hydroxylation is 2. The zero-order valence-corrected chi connectivity index (χ0v) is 18.7. The van der Waals surface area contributed by atoms with Crippen LogP contribution in [-0.2, 0) is 29.8 Å². The number of benzene rings is 1. The van der Waals surface area contributed by atoms with Crippen LogP contribution in [-0.4, -0.2) is 33.1 Å². The Balaban J connectivity index is 1.26. The van der Waals surface area contributed by atoms with Crippen molar-refractivity contribution in [3.05, 3.63) is 62.0 Å². The second-order valence-corrected chi connectivity index (χ2v) is 10.1. The SMILES string of the molecule is CCC1c2ccccc2CCN1C(=O)CSCc1nc2sc3c(c2c(=O)[nH]1)CCC3. The van der Waals surface area contributed by atoms with Gasteiger partial charge in [-0.1, -0.05) is 31.2 Å². The summed E-state index contributed by atoms with van der Waals surface area (Å²) in [7, 11) is 0. The first-order chi connectivity index (χ1) is 14.7. The van der Waals surface area contributed by atoms with Crippen LogP contribution in [0.4, 0.5) is 0 Å². The van der Waals surface area contributed by atoms with Crippen LogP contribution >= 0.6 is 23.1 Å². The number of thioether (sulfide) groups is 1. The summed E-state index contributed by atoms with van der Waals surface area (Å²) in [6, 6.07) is 8.62. The molecule has 0 radical (unpaired) electrons. The van der Waals surface area contributed by atoms with Gasteiger partial charge < -0.3 is 9.88 Å². The summed E-state index contributed by atoms with van der Waals surface area (Å²) < 4.78 is 0. The van der Waals surface area contributed by atoms with E-state index in [9.17, 15) is 9.59 Å². The van der Waals surface area contributed by atoms with Crippen molar-refractivity contribution < 1.29 is 4.79 Å². The summed E-state index contributed by atoms with van der Waals surface area (Å²) in [6.45, 7) is 2.92. The van der Waals surface area contributed by atoms with Gasteiger partial charge in [-0.15, -0.1) is 23.1 Å². The van der Waals surface area contributed by atoms with Gasteiger partial charge in [-0.25, -0.2) is 4.98 Å². The van der Waals surface area contributed by atoms with E-state index in [4.69, 9.17) is 0 Å². The first-order valence-corrected chi connectivity index (χ1v) is 12.6. The van der Waals surface area contributed by atoms with Crippen LogP contribution < -0.4 is 5.56 Å². The van der Waals surface area contributed by atoms with Crippen LogP contribution in [0.2, 0.25) is 0 Å². The number of rotatable bonds is 5. The molecule has 1 aliphatic heterocycles. The summed E-state index contributed by atoms with van der Waals surface area (Å²) in [5, 5.41) is 0.787. The lowest BCUT2D eigenvalue weighted by Crippen LogP contribution is -2.40. The molecule has 2 aliphatic rings. The second-order valence-electron chi connectivity index (χ2n) is 8.00. The molecule has 5 nitrogen and oxygen atoms in total. The van der Waals surface area contributed by atoms with Gasteiger partial charge in [-0.2, -0.15) is 0 Å². The van der Waals surface area contributed by atoms with E-state index in [2.05, 4.69) is 41.2 Å². The molecule has 2 aromatic heterocycles. The van der Waals surface area contributed by atoms with E-state index >= 15 is 0 Å². The van der Waals surface area contributed by atoms with Gasteiger partial charge in [-0.3, -0.25) is 9.59 Å². The lowest BCUT2D eigenvalue weighted by molar-refractivity contribution is -0.131. The largest absolute Gasteiger partial charge is 0.335 e. The highest BCUT2D eigenvalue weighted by atomic mass is 32.2. The molecule has 1 N–H and O–H groups in total. The number of aromatic nitrogens is 2. The number of nitrogens with zero attached hydrogens (tertiary/aromatic N) is 2. The Hall–Kier alpha value is -2.12. The fourth-order valence-corrected chi connectivity index (χ4v) is 6.88. The molecule has 0 saturated carbocycles. The number of hydrogen-bond acceptors (Lipinski definition) is 5. The smallest absolute Gasteiger partial charge is 0.259 e. The average molecular weight is 440 g/mol. The van der Waals surface area contributed by atoms with Crippen molar-refractivity contribution in [2.24, 2.45) is 0 Å². The van der Waals surface area contributed by atoms with Gasteiger partial charge in [0.05, 0.1) is 22.9 Å². The van der Waals surface area contributed by atoms with E-state index in [0.717, 1.165) is 48.9 Å². The number of fused-ring (bicyclic) bond motifs is 4. The van der Waals surface area contributed by atoms with Crippen LogP contribution in [0, 0.1) is 0 Å². The molecule has 1 aliphatic carbocycles. The number of hydrogen-bond donors (Lipinski definition) is 1. The minimum absolute atomic E-state index is 0.0278. The van der Waals surface area contributed by atoms with E-state index in [-0.39, 0.29) is 17.5 Å². The van der Waals surface area contributed by atoms with Crippen molar-refractivity contribution in [3.8, 4) is 0 Å². The lowest BCUT2D eigenvalue weighted by Gasteiger charge is -2.37. The predicted molar refractivity (Wildman–Crippen MR) is 123 cm³/mol. The van der Waals surface area contributed by atoms with Crippen LogP contribution in [0.25, 0.3) is 10.2 Å². The number of carbonyl (C=O) groups is 1. The maximum Gasteiger partial charge on any atom is 0.259 e. The summed E-state index contributed by atoms with van der Waals surface area (Å²) in [4.78, 5) is 37.4. The summed E-state index contributed by atoms with van der Waals surface area (Å²) in [5.41, 5.74) is 3.82. The van der Waals surface area contributed by atoms with Crippen molar-refractivity contribution >= 4 is 39.2 Å². The highest BCUT2D eigenvalue weighted by Crippen LogP contribution is 2.35. The average Bonchev–Trinajstić information content (AvgIpc) is 3.33. The van der Waals surface area contributed by atoms with Crippen molar-refractivity contribution in [1.29, 1.82) is 0 Å². The molecular formula is C23H25N3O2S2. The summed E-state index contributed by atoms with van der Waals surface area (Å²) in [5.74, 6) is 1.78. The molecule has 0 fully saturated rings. The monoisotopic (exact) mass is 439 g/mol. The van der Waals surface area contributed by atoms with Crippen molar-refractivity contribution in [3.63, 3.8) is 0 Å². The molecule has 3 heterocycles. The van der Waals surface area contributed by atoms with Crippen LogP contribution in [0.5, 0.6) is 0 Å². The molecule has 5 rings (SSSR count).